The maximum atomic E-state index is 12.9. The summed E-state index contributed by atoms with van der Waals surface area (Å²) in [7, 11) is 0. The van der Waals surface area contributed by atoms with E-state index in [1.54, 1.807) is 29.4 Å². The Bertz CT molecular complexity index is 1250. The van der Waals surface area contributed by atoms with E-state index in [-0.39, 0.29) is 25.6 Å². The van der Waals surface area contributed by atoms with E-state index < -0.39 is 6.41 Å². The van der Waals surface area contributed by atoms with Crippen LogP contribution in [0.25, 0.3) is 21.9 Å². The average molecular weight is 463 g/mol. The number of nitrogens with one attached hydrogen (secondary N) is 3. The number of amides is 1. The van der Waals surface area contributed by atoms with Crippen LogP contribution >= 0.6 is 0 Å². The van der Waals surface area contributed by atoms with Crippen molar-refractivity contribution >= 4 is 28.3 Å². The van der Waals surface area contributed by atoms with Crippen LogP contribution in [0.1, 0.15) is 10.4 Å². The largest absolute Gasteiger partial charge is 0.395 e. The van der Waals surface area contributed by atoms with Gasteiger partial charge in [-0.2, -0.15) is 5.10 Å². The Hall–Kier alpha value is -3.90. The van der Waals surface area contributed by atoms with Gasteiger partial charge in [0.2, 0.25) is 6.41 Å². The van der Waals surface area contributed by atoms with Crippen LogP contribution in [0.2, 0.25) is 0 Å². The molecule has 0 aliphatic rings. The van der Waals surface area contributed by atoms with Gasteiger partial charge in [-0.25, -0.2) is 9.97 Å². The molecule has 0 atom stereocenters. The first-order chi connectivity index (χ1) is 16.5. The molecule has 3 heterocycles. The van der Waals surface area contributed by atoms with Gasteiger partial charge in [-0.3, -0.25) is 15.2 Å². The summed E-state index contributed by atoms with van der Waals surface area (Å²) in [6.45, 7) is 0.743. The second-order valence-electron chi connectivity index (χ2n) is 7.51. The van der Waals surface area contributed by atoms with Gasteiger partial charge in [0, 0.05) is 54.7 Å². The molecule has 11 heteroatoms. The lowest BCUT2D eigenvalue weighted by Crippen LogP contribution is -2.38. The van der Waals surface area contributed by atoms with Gasteiger partial charge in [-0.1, -0.05) is 12.1 Å². The first kappa shape index (κ1) is 23.3. The number of aromatic nitrogens is 4. The summed E-state index contributed by atoms with van der Waals surface area (Å²) in [6, 6.07) is 11.0. The first-order valence-electron chi connectivity index (χ1n) is 10.6. The fourth-order valence-electron chi connectivity index (χ4n) is 3.51. The van der Waals surface area contributed by atoms with E-state index in [1.165, 1.54) is 6.20 Å². The predicted molar refractivity (Wildman–Crippen MR) is 127 cm³/mol. The van der Waals surface area contributed by atoms with Gasteiger partial charge in [0.25, 0.3) is 5.91 Å². The zero-order valence-corrected chi connectivity index (χ0v) is 18.2. The van der Waals surface area contributed by atoms with Crippen molar-refractivity contribution in [2.45, 2.75) is 6.41 Å². The minimum atomic E-state index is -1.63. The third-order valence-corrected chi connectivity index (χ3v) is 5.21. The highest BCUT2D eigenvalue weighted by molar-refractivity contribution is 6.05. The summed E-state index contributed by atoms with van der Waals surface area (Å²) in [5.74, 6) is 0.537. The molecule has 0 bridgehead atoms. The molecule has 0 spiro atoms. The van der Waals surface area contributed by atoms with E-state index >= 15 is 0 Å². The molecule has 0 radical (unpaired) electrons. The SMILES string of the molecule is O=C(Nc1cc2cc(-c3cn[nH]c3)ccc2cn1)c1ccnc(N(CCO)CCNC(O)O)c1. The summed E-state index contributed by atoms with van der Waals surface area (Å²) in [4.78, 5) is 23.3. The Kier molecular flexibility index (Phi) is 7.40. The Morgan fingerprint density at radius 3 is 2.68 bits per heavy atom. The molecule has 0 aliphatic carbocycles. The molecule has 4 rings (SSSR count). The van der Waals surface area contributed by atoms with Crippen molar-refractivity contribution in [1.29, 1.82) is 0 Å². The Labute approximate surface area is 195 Å². The number of anilines is 2. The first-order valence-corrected chi connectivity index (χ1v) is 10.6. The number of carbonyl (C=O) groups excluding carboxylic acids is 1. The molecule has 1 amide bonds. The third kappa shape index (κ3) is 5.71. The second-order valence-corrected chi connectivity index (χ2v) is 7.51. The van der Waals surface area contributed by atoms with Crippen LogP contribution in [-0.4, -0.2) is 74.0 Å². The van der Waals surface area contributed by atoms with Crippen molar-refractivity contribution in [3.63, 3.8) is 0 Å². The van der Waals surface area contributed by atoms with Crippen LogP contribution < -0.4 is 15.5 Å². The van der Waals surface area contributed by atoms with Crippen molar-refractivity contribution in [2.75, 3.05) is 36.5 Å². The number of aliphatic hydroxyl groups is 3. The average Bonchev–Trinajstić information content (AvgIpc) is 3.38. The smallest absolute Gasteiger partial charge is 0.257 e. The molecule has 1 aromatic carbocycles. The number of carbonyl (C=O) groups is 1. The number of benzene rings is 1. The third-order valence-electron chi connectivity index (χ3n) is 5.21. The standard InChI is InChI=1S/C23H25N7O4/c31-8-7-30(6-5-25-23(33)34)21-11-16(3-4-24-21)22(32)29-20-10-18-9-15(19-13-27-28-14-19)1-2-17(18)12-26-20/h1-4,9-14,23,25,31,33-34H,5-8H2,(H,27,28)(H,26,29,32). The molecule has 4 aromatic rings. The van der Waals surface area contributed by atoms with E-state index in [0.29, 0.717) is 23.7 Å². The molecule has 11 nitrogen and oxygen atoms in total. The molecule has 0 unspecified atom stereocenters. The maximum Gasteiger partial charge on any atom is 0.257 e. The molecule has 34 heavy (non-hydrogen) atoms. The number of nitrogens with zero attached hydrogens (tertiary/aromatic N) is 4. The van der Waals surface area contributed by atoms with Crippen molar-refractivity contribution in [3.05, 3.63) is 66.7 Å². The van der Waals surface area contributed by atoms with Crippen LogP contribution in [0.4, 0.5) is 11.6 Å². The number of aliphatic hydroxyl groups excluding tert-OH is 2. The summed E-state index contributed by atoms with van der Waals surface area (Å²) in [5, 5.41) is 41.2. The van der Waals surface area contributed by atoms with Crippen molar-refractivity contribution in [1.82, 2.24) is 25.5 Å². The van der Waals surface area contributed by atoms with Crippen LogP contribution in [0.3, 0.4) is 0 Å². The lowest BCUT2D eigenvalue weighted by atomic mass is 10.1. The van der Waals surface area contributed by atoms with Crippen LogP contribution in [-0.2, 0) is 0 Å². The Balaban J connectivity index is 1.50. The fraction of sp³-hybridized carbons (Fsp3) is 0.217. The lowest BCUT2D eigenvalue weighted by molar-refractivity contribution is -0.0647. The number of hydrogen-bond acceptors (Lipinski definition) is 9. The highest BCUT2D eigenvalue weighted by Gasteiger charge is 2.13. The van der Waals surface area contributed by atoms with Crippen LogP contribution in [0.5, 0.6) is 0 Å². The zero-order valence-electron chi connectivity index (χ0n) is 18.2. The van der Waals surface area contributed by atoms with E-state index in [0.717, 1.165) is 21.9 Å². The number of hydrogen-bond donors (Lipinski definition) is 6. The van der Waals surface area contributed by atoms with Crippen LogP contribution in [0, 0.1) is 0 Å². The lowest BCUT2D eigenvalue weighted by Gasteiger charge is -2.23. The van der Waals surface area contributed by atoms with E-state index in [4.69, 9.17) is 10.2 Å². The summed E-state index contributed by atoms with van der Waals surface area (Å²) < 4.78 is 0. The van der Waals surface area contributed by atoms with E-state index in [1.807, 2.05) is 30.5 Å². The van der Waals surface area contributed by atoms with Crippen LogP contribution in [0.15, 0.2) is 61.2 Å². The molecule has 0 aliphatic heterocycles. The molecule has 0 fully saturated rings. The topological polar surface area (TPSA) is 160 Å². The van der Waals surface area contributed by atoms with Gasteiger partial charge < -0.3 is 25.5 Å². The Morgan fingerprint density at radius 1 is 1.03 bits per heavy atom. The highest BCUT2D eigenvalue weighted by Crippen LogP contribution is 2.25. The fourth-order valence-corrected chi connectivity index (χ4v) is 3.51. The zero-order chi connectivity index (χ0) is 23.9. The number of H-pyrrole nitrogens is 1. The molecule has 6 N–H and O–H groups in total. The number of pyridine rings is 2. The summed E-state index contributed by atoms with van der Waals surface area (Å²) >= 11 is 0. The minimum Gasteiger partial charge on any atom is -0.395 e. The second kappa shape index (κ2) is 10.8. The monoisotopic (exact) mass is 463 g/mol. The van der Waals surface area contributed by atoms with Crippen molar-refractivity contribution in [3.8, 4) is 11.1 Å². The summed E-state index contributed by atoms with van der Waals surface area (Å²) in [5.41, 5.74) is 2.33. The molecular formula is C23H25N7O4. The van der Waals surface area contributed by atoms with Gasteiger partial charge in [-0.05, 0) is 35.2 Å². The normalized spacial score (nSPS) is 11.2. The van der Waals surface area contributed by atoms with Gasteiger partial charge >= 0.3 is 0 Å². The molecule has 0 saturated heterocycles. The number of rotatable bonds is 10. The van der Waals surface area contributed by atoms with Gasteiger partial charge in [0.05, 0.1) is 12.8 Å². The predicted octanol–water partition coefficient (Wildman–Crippen LogP) is 0.929. The quantitative estimate of drug-likeness (QED) is 0.188. The Morgan fingerprint density at radius 2 is 1.91 bits per heavy atom. The minimum absolute atomic E-state index is 0.123. The number of aromatic amines is 1. The van der Waals surface area contributed by atoms with Gasteiger partial charge in [0.15, 0.2) is 0 Å². The van der Waals surface area contributed by atoms with Gasteiger partial charge in [0.1, 0.15) is 11.6 Å². The van der Waals surface area contributed by atoms with E-state index in [9.17, 15) is 9.90 Å². The van der Waals surface area contributed by atoms with Crippen molar-refractivity contribution in [2.24, 2.45) is 0 Å². The highest BCUT2D eigenvalue weighted by atomic mass is 16.5. The molecule has 3 aromatic heterocycles. The molecular weight excluding hydrogens is 438 g/mol. The maximum absolute atomic E-state index is 12.9. The van der Waals surface area contributed by atoms with E-state index in [2.05, 4.69) is 30.8 Å². The van der Waals surface area contributed by atoms with Gasteiger partial charge in [-0.15, -0.1) is 0 Å². The summed E-state index contributed by atoms with van der Waals surface area (Å²) in [6.07, 6.45) is 5.13. The number of fused-ring (bicyclic) bond motifs is 1. The molecule has 0 saturated carbocycles. The van der Waals surface area contributed by atoms with Crippen molar-refractivity contribution < 1.29 is 20.1 Å². The molecule has 176 valence electrons.